The molecular formula is C22H28O4Si. The van der Waals surface area contributed by atoms with Gasteiger partial charge >= 0.3 is 0 Å². The summed E-state index contributed by atoms with van der Waals surface area (Å²) in [5.74, 6) is 0. The second kappa shape index (κ2) is 7.98. The Kier molecular flexibility index (Phi) is 5.86. The maximum atomic E-state index is 10.3. The van der Waals surface area contributed by atoms with Crippen LogP contribution in [0.15, 0.2) is 73.0 Å². The maximum absolute atomic E-state index is 10.3. The van der Waals surface area contributed by atoms with Crippen LogP contribution in [0.25, 0.3) is 0 Å². The van der Waals surface area contributed by atoms with Crippen molar-refractivity contribution in [2.24, 2.45) is 0 Å². The SMILES string of the molecule is CC(C)(C)[Si](OC[C@H]1OC=C[C@@H](O)[C@@H]1O)(c1ccccc1)c1ccccc1. The Balaban J connectivity index is 2.03. The molecule has 0 radical (unpaired) electrons. The fourth-order valence-electron chi connectivity index (χ4n) is 3.75. The lowest BCUT2D eigenvalue weighted by Crippen LogP contribution is -2.67. The van der Waals surface area contributed by atoms with Gasteiger partial charge in [-0.25, -0.2) is 0 Å². The zero-order valence-electron chi connectivity index (χ0n) is 16.1. The average Bonchev–Trinajstić information content (AvgIpc) is 2.66. The third kappa shape index (κ3) is 3.87. The molecule has 27 heavy (non-hydrogen) atoms. The average molecular weight is 385 g/mol. The number of hydrogen-bond acceptors (Lipinski definition) is 4. The number of ether oxygens (including phenoxy) is 1. The third-order valence-corrected chi connectivity index (χ3v) is 10.1. The largest absolute Gasteiger partial charge is 0.493 e. The van der Waals surface area contributed by atoms with Gasteiger partial charge in [0.2, 0.25) is 0 Å². The first-order valence-corrected chi connectivity index (χ1v) is 11.2. The van der Waals surface area contributed by atoms with Crippen LogP contribution in [-0.4, -0.2) is 43.4 Å². The highest BCUT2D eigenvalue weighted by Crippen LogP contribution is 2.37. The lowest BCUT2D eigenvalue weighted by atomic mass is 10.1. The smallest absolute Gasteiger partial charge is 0.261 e. The molecule has 0 aromatic heterocycles. The molecule has 0 aliphatic carbocycles. The van der Waals surface area contributed by atoms with Crippen molar-refractivity contribution in [1.82, 2.24) is 0 Å². The third-order valence-electron chi connectivity index (χ3n) is 5.14. The van der Waals surface area contributed by atoms with Gasteiger partial charge in [0, 0.05) is 0 Å². The summed E-state index contributed by atoms with van der Waals surface area (Å²) in [6, 6.07) is 20.6. The molecular weight excluding hydrogens is 356 g/mol. The van der Waals surface area contributed by atoms with Gasteiger partial charge in [-0.1, -0.05) is 81.4 Å². The van der Waals surface area contributed by atoms with Crippen molar-refractivity contribution in [3.63, 3.8) is 0 Å². The molecule has 1 aliphatic rings. The van der Waals surface area contributed by atoms with Gasteiger partial charge in [0.05, 0.1) is 12.9 Å². The van der Waals surface area contributed by atoms with E-state index in [1.807, 2.05) is 36.4 Å². The molecule has 2 aromatic carbocycles. The lowest BCUT2D eigenvalue weighted by Gasteiger charge is -2.44. The lowest BCUT2D eigenvalue weighted by molar-refractivity contribution is -0.0783. The predicted molar refractivity (Wildman–Crippen MR) is 110 cm³/mol. The van der Waals surface area contributed by atoms with Gasteiger partial charge in [-0.2, -0.15) is 0 Å². The Labute approximate surface area is 162 Å². The van der Waals surface area contributed by atoms with E-state index in [-0.39, 0.29) is 11.6 Å². The zero-order valence-corrected chi connectivity index (χ0v) is 17.1. The molecule has 2 aromatic rings. The van der Waals surface area contributed by atoms with Crippen molar-refractivity contribution >= 4 is 18.7 Å². The molecule has 1 aliphatic heterocycles. The summed E-state index contributed by atoms with van der Waals surface area (Å²) in [6.45, 7) is 6.81. The Bertz CT molecular complexity index is 715. The quantitative estimate of drug-likeness (QED) is 0.776. The zero-order chi connectivity index (χ0) is 19.5. The van der Waals surface area contributed by atoms with E-state index in [1.165, 1.54) is 22.7 Å². The number of aliphatic hydroxyl groups is 2. The monoisotopic (exact) mass is 384 g/mol. The van der Waals surface area contributed by atoms with Gasteiger partial charge in [0.1, 0.15) is 18.3 Å². The molecule has 2 N–H and O–H groups in total. The molecule has 3 atom stereocenters. The molecule has 0 spiro atoms. The van der Waals surface area contributed by atoms with E-state index in [0.29, 0.717) is 0 Å². The minimum atomic E-state index is -2.68. The van der Waals surface area contributed by atoms with Gasteiger partial charge in [-0.05, 0) is 21.5 Å². The molecule has 4 nitrogen and oxygen atoms in total. The molecule has 0 unspecified atom stereocenters. The van der Waals surface area contributed by atoms with Crippen LogP contribution in [0.3, 0.4) is 0 Å². The number of aliphatic hydroxyl groups excluding tert-OH is 2. The number of benzene rings is 2. The van der Waals surface area contributed by atoms with Crippen LogP contribution in [-0.2, 0) is 9.16 Å². The van der Waals surface area contributed by atoms with Gasteiger partial charge < -0.3 is 19.4 Å². The summed E-state index contributed by atoms with van der Waals surface area (Å²) >= 11 is 0. The van der Waals surface area contributed by atoms with Crippen LogP contribution in [0.1, 0.15) is 20.8 Å². The van der Waals surface area contributed by atoms with E-state index >= 15 is 0 Å². The van der Waals surface area contributed by atoms with E-state index in [9.17, 15) is 10.2 Å². The Morgan fingerprint density at radius 2 is 1.44 bits per heavy atom. The Hall–Kier alpha value is -1.92. The highest BCUT2D eigenvalue weighted by atomic mass is 28.4. The molecule has 0 saturated carbocycles. The second-order valence-electron chi connectivity index (χ2n) is 7.96. The molecule has 0 fully saturated rings. The van der Waals surface area contributed by atoms with Crippen molar-refractivity contribution < 1.29 is 19.4 Å². The van der Waals surface area contributed by atoms with Gasteiger partial charge in [-0.15, -0.1) is 0 Å². The van der Waals surface area contributed by atoms with Crippen LogP contribution < -0.4 is 10.4 Å². The van der Waals surface area contributed by atoms with Crippen LogP contribution in [0.4, 0.5) is 0 Å². The van der Waals surface area contributed by atoms with E-state index in [2.05, 4.69) is 45.0 Å². The van der Waals surface area contributed by atoms with Crippen LogP contribution >= 0.6 is 0 Å². The van der Waals surface area contributed by atoms with Crippen molar-refractivity contribution in [2.45, 2.75) is 44.1 Å². The summed E-state index contributed by atoms with van der Waals surface area (Å²) < 4.78 is 12.3. The van der Waals surface area contributed by atoms with Crippen LogP contribution in [0.2, 0.25) is 5.04 Å². The fourth-order valence-corrected chi connectivity index (χ4v) is 8.32. The highest BCUT2D eigenvalue weighted by Gasteiger charge is 2.50. The van der Waals surface area contributed by atoms with Crippen molar-refractivity contribution in [1.29, 1.82) is 0 Å². The molecule has 144 valence electrons. The van der Waals surface area contributed by atoms with E-state index in [0.717, 1.165) is 0 Å². The summed E-state index contributed by atoms with van der Waals surface area (Å²) in [5, 5.41) is 22.4. The fraction of sp³-hybridized carbons (Fsp3) is 0.364. The second-order valence-corrected chi connectivity index (χ2v) is 12.3. The molecule has 0 saturated heterocycles. The summed E-state index contributed by atoms with van der Waals surface area (Å²) in [6.07, 6.45) is 0.340. The standard InChI is InChI=1S/C22H28O4Si/c1-22(2,3)27(17-10-6-4-7-11-17,18-12-8-5-9-13-18)26-16-20-21(24)19(23)14-15-25-20/h4-15,19-21,23-24H,16H2,1-3H3/t19-,20-,21+/m1/s1. The highest BCUT2D eigenvalue weighted by molar-refractivity contribution is 6.99. The van der Waals surface area contributed by atoms with E-state index < -0.39 is 26.6 Å². The van der Waals surface area contributed by atoms with Gasteiger partial charge in [0.15, 0.2) is 0 Å². The Morgan fingerprint density at radius 1 is 0.926 bits per heavy atom. The summed E-state index contributed by atoms with van der Waals surface area (Å²) in [7, 11) is -2.68. The molecule has 3 rings (SSSR count). The number of hydrogen-bond donors (Lipinski definition) is 2. The molecule has 0 bridgehead atoms. The molecule has 0 amide bonds. The Morgan fingerprint density at radius 3 is 1.93 bits per heavy atom. The normalized spacial score (nSPS) is 23.1. The molecule has 5 heteroatoms. The minimum Gasteiger partial charge on any atom is -0.493 e. The first-order valence-electron chi connectivity index (χ1n) is 9.29. The van der Waals surface area contributed by atoms with E-state index in [1.54, 1.807) is 0 Å². The summed E-state index contributed by atoms with van der Waals surface area (Å²) in [5.41, 5.74) is 0. The van der Waals surface area contributed by atoms with E-state index in [4.69, 9.17) is 9.16 Å². The van der Waals surface area contributed by atoms with Gasteiger partial charge in [-0.3, -0.25) is 0 Å². The van der Waals surface area contributed by atoms with Crippen molar-refractivity contribution in [2.75, 3.05) is 6.61 Å². The first-order chi connectivity index (χ1) is 12.9. The van der Waals surface area contributed by atoms with Crippen LogP contribution in [0.5, 0.6) is 0 Å². The van der Waals surface area contributed by atoms with Crippen molar-refractivity contribution in [3.8, 4) is 0 Å². The summed E-state index contributed by atoms with van der Waals surface area (Å²) in [4.78, 5) is 0. The predicted octanol–water partition coefficient (Wildman–Crippen LogP) is 2.20. The maximum Gasteiger partial charge on any atom is 0.261 e. The number of rotatable bonds is 5. The van der Waals surface area contributed by atoms with Gasteiger partial charge in [0.25, 0.3) is 8.32 Å². The topological polar surface area (TPSA) is 58.9 Å². The van der Waals surface area contributed by atoms with Crippen LogP contribution in [0, 0.1) is 0 Å². The molecule has 1 heterocycles. The minimum absolute atomic E-state index is 0.149. The van der Waals surface area contributed by atoms with Crippen molar-refractivity contribution in [3.05, 3.63) is 73.0 Å². The first kappa shape index (κ1) is 19.8.